The summed E-state index contributed by atoms with van der Waals surface area (Å²) in [5, 5.41) is 9.48. The van der Waals surface area contributed by atoms with Crippen LogP contribution in [0, 0.1) is 13.8 Å². The molecule has 0 aromatic heterocycles. The van der Waals surface area contributed by atoms with Crippen molar-refractivity contribution in [2.45, 2.75) is 33.2 Å². The van der Waals surface area contributed by atoms with Gasteiger partial charge in [0.1, 0.15) is 0 Å². The number of aliphatic imine (C=N–C) groups is 1. The number of amidine groups is 1. The topological polar surface area (TPSA) is 86.3 Å². The van der Waals surface area contributed by atoms with Crippen LogP contribution < -0.4 is 10.6 Å². The third-order valence-electron chi connectivity index (χ3n) is 7.26. The highest BCUT2D eigenvalue weighted by Crippen LogP contribution is 2.45. The molecule has 0 radical (unpaired) electrons. The molecule has 10 heteroatoms. The van der Waals surface area contributed by atoms with E-state index in [9.17, 15) is 9.59 Å². The summed E-state index contributed by atoms with van der Waals surface area (Å²) < 4.78 is 5.40. The Labute approximate surface area is 244 Å². The van der Waals surface area contributed by atoms with E-state index in [4.69, 9.17) is 21.3 Å². The van der Waals surface area contributed by atoms with Gasteiger partial charge in [0.25, 0.3) is 5.91 Å². The maximum Gasteiger partial charge on any atom is 0.255 e. The number of morpholine rings is 1. The molecule has 1 fully saturated rings. The maximum atomic E-state index is 13.9. The van der Waals surface area contributed by atoms with Crippen LogP contribution in [0.3, 0.4) is 0 Å². The van der Waals surface area contributed by atoms with Crippen LogP contribution in [0.4, 0.5) is 5.69 Å². The van der Waals surface area contributed by atoms with Gasteiger partial charge in [-0.05, 0) is 55.5 Å². The zero-order valence-corrected chi connectivity index (χ0v) is 24.6. The number of ether oxygens (including phenoxy) is 1. The van der Waals surface area contributed by atoms with Gasteiger partial charge < -0.3 is 20.3 Å². The van der Waals surface area contributed by atoms with E-state index < -0.39 is 6.04 Å². The number of hydrogen-bond donors (Lipinski definition) is 2. The first kappa shape index (κ1) is 28.4. The maximum absolute atomic E-state index is 13.9. The Morgan fingerprint density at radius 2 is 1.85 bits per heavy atom. The zero-order chi connectivity index (χ0) is 28.2. The quantitative estimate of drug-likeness (QED) is 0.457. The second-order valence-corrected chi connectivity index (χ2v) is 11.5. The summed E-state index contributed by atoms with van der Waals surface area (Å²) in [4.78, 5) is 36.0. The first-order valence-electron chi connectivity index (χ1n) is 13.5. The molecule has 8 nitrogen and oxygen atoms in total. The first-order chi connectivity index (χ1) is 19.3. The fraction of sp³-hybridized carbons (Fsp3) is 0.367. The Kier molecular flexibility index (Phi) is 8.95. The van der Waals surface area contributed by atoms with E-state index >= 15 is 0 Å². The van der Waals surface area contributed by atoms with Gasteiger partial charge in [0.2, 0.25) is 5.91 Å². The second kappa shape index (κ2) is 12.6. The van der Waals surface area contributed by atoms with Crippen molar-refractivity contribution in [3.8, 4) is 0 Å². The molecule has 1 saturated heterocycles. The molecule has 3 aliphatic rings. The van der Waals surface area contributed by atoms with Gasteiger partial charge in [-0.2, -0.15) is 0 Å². The monoisotopic (exact) mass is 579 g/mol. The van der Waals surface area contributed by atoms with Crippen LogP contribution in [-0.4, -0.2) is 66.2 Å². The van der Waals surface area contributed by atoms with Crippen molar-refractivity contribution in [1.29, 1.82) is 0 Å². The van der Waals surface area contributed by atoms with Gasteiger partial charge in [-0.1, -0.05) is 53.2 Å². The molecule has 1 atom stereocenters. The van der Waals surface area contributed by atoms with Gasteiger partial charge in [0.05, 0.1) is 36.9 Å². The van der Waals surface area contributed by atoms with Crippen LogP contribution in [0.5, 0.6) is 0 Å². The van der Waals surface area contributed by atoms with Crippen LogP contribution >= 0.6 is 23.4 Å². The van der Waals surface area contributed by atoms with E-state index in [0.29, 0.717) is 22.8 Å². The van der Waals surface area contributed by atoms with Gasteiger partial charge >= 0.3 is 0 Å². The molecule has 2 aromatic carbocycles. The van der Waals surface area contributed by atoms with Gasteiger partial charge in [-0.3, -0.25) is 14.5 Å². The van der Waals surface area contributed by atoms with E-state index in [1.54, 1.807) is 0 Å². The molecule has 3 aliphatic heterocycles. The third kappa shape index (κ3) is 6.44. The third-order valence-corrected chi connectivity index (χ3v) is 8.40. The Morgan fingerprint density at radius 1 is 1.10 bits per heavy atom. The number of nitrogens with one attached hydrogen (secondary N) is 2. The molecule has 210 valence electrons. The Balaban J connectivity index is 1.37. The number of carbonyl (C=O) groups is 2. The van der Waals surface area contributed by atoms with E-state index in [-0.39, 0.29) is 18.2 Å². The number of halogens is 1. The highest BCUT2D eigenvalue weighted by molar-refractivity contribution is 8.16. The number of anilines is 1. The highest BCUT2D eigenvalue weighted by Gasteiger charge is 2.40. The summed E-state index contributed by atoms with van der Waals surface area (Å²) in [7, 11) is 0. The minimum atomic E-state index is -0.460. The molecule has 5 rings (SSSR count). The van der Waals surface area contributed by atoms with Gasteiger partial charge in [-0.25, -0.2) is 4.99 Å². The molecule has 0 bridgehead atoms. The number of hydrogen-bond acceptors (Lipinski definition) is 7. The predicted octanol–water partition coefficient (Wildman–Crippen LogP) is 5.01. The number of carbonyl (C=O) groups excluding carboxylic acids is 2. The Hall–Kier alpha value is -3.11. The van der Waals surface area contributed by atoms with Crippen LogP contribution in [0.15, 0.2) is 69.8 Å². The molecule has 40 heavy (non-hydrogen) atoms. The molecule has 0 spiro atoms. The van der Waals surface area contributed by atoms with Crippen molar-refractivity contribution >= 4 is 46.0 Å². The summed E-state index contributed by atoms with van der Waals surface area (Å²) in [6.07, 6.45) is 0.185. The number of rotatable bonds is 8. The number of fused-ring (bicyclic) bond motifs is 1. The lowest BCUT2D eigenvalue weighted by Gasteiger charge is -2.36. The predicted molar refractivity (Wildman–Crippen MR) is 161 cm³/mol. The van der Waals surface area contributed by atoms with E-state index in [2.05, 4.69) is 15.5 Å². The summed E-state index contributed by atoms with van der Waals surface area (Å²) in [5.74, 6) is -0.290. The minimum absolute atomic E-state index is 0.0660. The minimum Gasteiger partial charge on any atom is -0.379 e. The van der Waals surface area contributed by atoms with E-state index in [1.807, 2.05) is 73.5 Å². The molecular formula is C30H34ClN5O3S. The largest absolute Gasteiger partial charge is 0.379 e. The molecule has 2 aromatic rings. The van der Waals surface area contributed by atoms with Crippen molar-refractivity contribution in [3.05, 3.63) is 86.6 Å². The van der Waals surface area contributed by atoms with Gasteiger partial charge in [-0.15, -0.1) is 0 Å². The van der Waals surface area contributed by atoms with Crippen molar-refractivity contribution in [1.82, 2.24) is 15.1 Å². The number of aryl methyl sites for hydroxylation is 2. The molecule has 0 saturated carbocycles. The van der Waals surface area contributed by atoms with Crippen molar-refractivity contribution in [2.24, 2.45) is 4.99 Å². The number of nitrogens with zero attached hydrogens (tertiary/aromatic N) is 3. The van der Waals surface area contributed by atoms with Crippen molar-refractivity contribution in [3.63, 3.8) is 0 Å². The lowest BCUT2D eigenvalue weighted by atomic mass is 9.93. The highest BCUT2D eigenvalue weighted by atomic mass is 35.5. The molecule has 2 amide bonds. The van der Waals surface area contributed by atoms with Crippen molar-refractivity contribution < 1.29 is 14.3 Å². The lowest BCUT2D eigenvalue weighted by molar-refractivity contribution is -0.120. The van der Waals surface area contributed by atoms with E-state index in [0.717, 1.165) is 66.1 Å². The summed E-state index contributed by atoms with van der Waals surface area (Å²) in [6, 6.07) is 13.0. The SMILES string of the molecule is CC1=C(C(=O)Nc2ccc(C)cc2C)[C@H](c2ccc(Cl)cc2)N2C(CC(=O)NCCN3CCOCC3)=CSC2=N1. The van der Waals surface area contributed by atoms with Crippen LogP contribution in [-0.2, 0) is 14.3 Å². The number of allylic oxidation sites excluding steroid dienone is 1. The Morgan fingerprint density at radius 3 is 2.58 bits per heavy atom. The Bertz CT molecular complexity index is 1380. The van der Waals surface area contributed by atoms with Crippen LogP contribution in [0.1, 0.15) is 36.1 Å². The van der Waals surface area contributed by atoms with Crippen LogP contribution in [0.2, 0.25) is 5.02 Å². The average molecular weight is 580 g/mol. The summed E-state index contributed by atoms with van der Waals surface area (Å²) in [5.41, 5.74) is 5.74. The fourth-order valence-electron chi connectivity index (χ4n) is 5.17. The normalized spacial score (nSPS) is 19.2. The van der Waals surface area contributed by atoms with Gasteiger partial charge in [0, 0.05) is 42.6 Å². The fourth-order valence-corrected chi connectivity index (χ4v) is 6.26. The summed E-state index contributed by atoms with van der Waals surface area (Å²) >= 11 is 7.69. The molecule has 0 aliphatic carbocycles. The smallest absolute Gasteiger partial charge is 0.255 e. The number of benzene rings is 2. The first-order valence-corrected chi connectivity index (χ1v) is 14.7. The second-order valence-electron chi connectivity index (χ2n) is 10.2. The average Bonchev–Trinajstić information content (AvgIpc) is 3.32. The van der Waals surface area contributed by atoms with Crippen LogP contribution in [0.25, 0.3) is 0 Å². The summed E-state index contributed by atoms with van der Waals surface area (Å²) in [6.45, 7) is 10.5. The molecule has 0 unspecified atom stereocenters. The van der Waals surface area contributed by atoms with E-state index in [1.165, 1.54) is 11.8 Å². The van der Waals surface area contributed by atoms with Gasteiger partial charge in [0.15, 0.2) is 5.17 Å². The molecular weight excluding hydrogens is 546 g/mol. The lowest BCUT2D eigenvalue weighted by Crippen LogP contribution is -2.42. The standard InChI is InChI=1S/C30H34ClN5O3S/c1-19-4-9-25(20(2)16-19)34-29(38)27-21(3)33-30-36(28(27)22-5-7-23(31)8-6-22)24(18-40-30)17-26(37)32-10-11-35-12-14-39-15-13-35/h4-9,16,18,28H,10-15,17H2,1-3H3,(H,32,37)(H,34,38)/t28-/m0/s1. The molecule has 3 heterocycles. The van der Waals surface area contributed by atoms with Crippen molar-refractivity contribution in [2.75, 3.05) is 44.7 Å². The number of thioether (sulfide) groups is 1. The zero-order valence-electron chi connectivity index (χ0n) is 23.0. The number of amides is 2. The molecule has 2 N–H and O–H groups in total.